The number of hydrogen-bond donors (Lipinski definition) is 0. The van der Waals surface area contributed by atoms with E-state index in [0.29, 0.717) is 30.7 Å². The van der Waals surface area contributed by atoms with Crippen molar-refractivity contribution in [3.8, 4) is 17.2 Å². The summed E-state index contributed by atoms with van der Waals surface area (Å²) in [5, 5.41) is 8.15. The predicted molar refractivity (Wildman–Crippen MR) is 94.3 cm³/mol. The van der Waals surface area contributed by atoms with Gasteiger partial charge in [0.25, 0.3) is 0 Å². The van der Waals surface area contributed by atoms with Crippen LogP contribution in [0.2, 0.25) is 0 Å². The summed E-state index contributed by atoms with van der Waals surface area (Å²) in [5.74, 6) is 1.94. The Balaban J connectivity index is 1.58. The van der Waals surface area contributed by atoms with Crippen molar-refractivity contribution in [3.05, 3.63) is 30.2 Å². The van der Waals surface area contributed by atoms with Gasteiger partial charge in [0.05, 0.1) is 7.11 Å². The molecule has 2 aromatic rings. The molecule has 25 heavy (non-hydrogen) atoms. The molecule has 1 aliphatic rings. The molecule has 1 aromatic heterocycles. The van der Waals surface area contributed by atoms with Crippen molar-refractivity contribution in [1.29, 1.82) is 0 Å². The molecule has 134 valence electrons. The molecule has 0 spiro atoms. The SMILES string of the molecule is CCC1CCCCN1C(=O)CCc1nnc(-c2ccc(OC)cc2)o1. The third kappa shape index (κ3) is 4.18. The van der Waals surface area contributed by atoms with E-state index in [-0.39, 0.29) is 5.91 Å². The average Bonchev–Trinajstić information content (AvgIpc) is 3.15. The van der Waals surface area contributed by atoms with Gasteiger partial charge in [-0.1, -0.05) is 6.92 Å². The number of aromatic nitrogens is 2. The number of carbonyl (C=O) groups is 1. The molecule has 1 aromatic carbocycles. The molecule has 0 bridgehead atoms. The van der Waals surface area contributed by atoms with Crippen LogP contribution in [0.4, 0.5) is 0 Å². The summed E-state index contributed by atoms with van der Waals surface area (Å²) in [6, 6.07) is 7.84. The highest BCUT2D eigenvalue weighted by molar-refractivity contribution is 5.76. The minimum Gasteiger partial charge on any atom is -0.497 e. The normalized spacial score (nSPS) is 17.5. The molecule has 1 atom stereocenters. The van der Waals surface area contributed by atoms with Crippen LogP contribution in [-0.2, 0) is 11.2 Å². The van der Waals surface area contributed by atoms with Gasteiger partial charge in [-0.05, 0) is 49.9 Å². The van der Waals surface area contributed by atoms with Gasteiger partial charge in [0.15, 0.2) is 0 Å². The lowest BCUT2D eigenvalue weighted by Crippen LogP contribution is -2.43. The third-order valence-corrected chi connectivity index (χ3v) is 4.78. The van der Waals surface area contributed by atoms with Gasteiger partial charge < -0.3 is 14.1 Å². The maximum atomic E-state index is 12.5. The molecule has 0 aliphatic carbocycles. The molecule has 1 fully saturated rings. The molecule has 1 unspecified atom stereocenters. The summed E-state index contributed by atoms with van der Waals surface area (Å²) < 4.78 is 10.8. The fourth-order valence-corrected chi connectivity index (χ4v) is 3.32. The lowest BCUT2D eigenvalue weighted by Gasteiger charge is -2.35. The Morgan fingerprint density at radius 2 is 2.08 bits per heavy atom. The van der Waals surface area contributed by atoms with Crippen molar-refractivity contribution < 1.29 is 13.9 Å². The Morgan fingerprint density at radius 3 is 2.80 bits per heavy atom. The maximum absolute atomic E-state index is 12.5. The van der Waals surface area contributed by atoms with Gasteiger partial charge in [-0.15, -0.1) is 10.2 Å². The van der Waals surface area contributed by atoms with Crippen LogP contribution in [0, 0.1) is 0 Å². The van der Waals surface area contributed by atoms with E-state index in [9.17, 15) is 4.79 Å². The minimum atomic E-state index is 0.191. The van der Waals surface area contributed by atoms with Crippen LogP contribution in [0.25, 0.3) is 11.5 Å². The number of likely N-dealkylation sites (tertiary alicyclic amines) is 1. The molecule has 0 saturated carbocycles. The van der Waals surface area contributed by atoms with Crippen LogP contribution in [0.15, 0.2) is 28.7 Å². The van der Waals surface area contributed by atoms with Gasteiger partial charge in [-0.3, -0.25) is 4.79 Å². The van der Waals surface area contributed by atoms with Gasteiger partial charge in [-0.2, -0.15) is 0 Å². The maximum Gasteiger partial charge on any atom is 0.247 e. The zero-order valence-corrected chi connectivity index (χ0v) is 14.9. The highest BCUT2D eigenvalue weighted by Crippen LogP contribution is 2.23. The predicted octanol–water partition coefficient (Wildman–Crippen LogP) is 3.47. The summed E-state index contributed by atoms with van der Waals surface area (Å²) in [4.78, 5) is 14.5. The standard InChI is InChI=1S/C19H25N3O3/c1-3-15-6-4-5-13-22(15)18(23)12-11-17-20-21-19(25-17)14-7-9-16(24-2)10-8-14/h7-10,15H,3-6,11-13H2,1-2H3. The smallest absolute Gasteiger partial charge is 0.247 e. The fourth-order valence-electron chi connectivity index (χ4n) is 3.32. The monoisotopic (exact) mass is 343 g/mol. The van der Waals surface area contributed by atoms with Crippen molar-refractivity contribution >= 4 is 5.91 Å². The van der Waals surface area contributed by atoms with Crippen molar-refractivity contribution in [1.82, 2.24) is 15.1 Å². The van der Waals surface area contributed by atoms with Crippen molar-refractivity contribution in [2.24, 2.45) is 0 Å². The molecule has 2 heterocycles. The number of rotatable bonds is 6. The van der Waals surface area contributed by atoms with E-state index in [0.717, 1.165) is 37.1 Å². The van der Waals surface area contributed by atoms with E-state index in [1.807, 2.05) is 29.2 Å². The molecule has 6 nitrogen and oxygen atoms in total. The van der Waals surface area contributed by atoms with Crippen LogP contribution in [0.3, 0.4) is 0 Å². The summed E-state index contributed by atoms with van der Waals surface area (Å²) >= 11 is 0. The van der Waals surface area contributed by atoms with E-state index in [1.54, 1.807) is 7.11 Å². The highest BCUT2D eigenvalue weighted by Gasteiger charge is 2.25. The summed E-state index contributed by atoms with van der Waals surface area (Å²) in [5.41, 5.74) is 0.841. The zero-order valence-electron chi connectivity index (χ0n) is 14.9. The first-order valence-electron chi connectivity index (χ1n) is 8.97. The quantitative estimate of drug-likeness (QED) is 0.803. The third-order valence-electron chi connectivity index (χ3n) is 4.78. The average molecular weight is 343 g/mol. The summed E-state index contributed by atoms with van der Waals surface area (Å²) in [6.45, 7) is 3.02. The number of ether oxygens (including phenoxy) is 1. The van der Waals surface area contributed by atoms with Gasteiger partial charge >= 0.3 is 0 Å². The van der Waals surface area contributed by atoms with Gasteiger partial charge in [0.1, 0.15) is 5.75 Å². The van der Waals surface area contributed by atoms with Gasteiger partial charge in [0, 0.05) is 31.0 Å². The topological polar surface area (TPSA) is 68.5 Å². The van der Waals surface area contributed by atoms with E-state index >= 15 is 0 Å². The first-order chi connectivity index (χ1) is 12.2. The summed E-state index contributed by atoms with van der Waals surface area (Å²) in [6.07, 6.45) is 5.36. The molecule has 0 N–H and O–H groups in total. The fraction of sp³-hybridized carbons (Fsp3) is 0.526. The van der Waals surface area contributed by atoms with Crippen LogP contribution in [-0.4, -0.2) is 40.7 Å². The van der Waals surface area contributed by atoms with Gasteiger partial charge in [-0.25, -0.2) is 0 Å². The van der Waals surface area contributed by atoms with Crippen LogP contribution < -0.4 is 4.74 Å². The number of methoxy groups -OCH3 is 1. The second kappa shape index (κ2) is 8.14. The molecular weight excluding hydrogens is 318 g/mol. The second-order valence-electron chi connectivity index (χ2n) is 6.37. The summed E-state index contributed by atoms with van der Waals surface area (Å²) in [7, 11) is 1.63. The lowest BCUT2D eigenvalue weighted by atomic mass is 9.99. The van der Waals surface area contributed by atoms with E-state index in [2.05, 4.69) is 17.1 Å². The Kier molecular flexibility index (Phi) is 5.68. The largest absolute Gasteiger partial charge is 0.497 e. The highest BCUT2D eigenvalue weighted by atomic mass is 16.5. The van der Waals surface area contributed by atoms with Crippen molar-refractivity contribution in [2.45, 2.75) is 51.5 Å². The number of aryl methyl sites for hydroxylation is 1. The lowest BCUT2D eigenvalue weighted by molar-refractivity contribution is -0.135. The van der Waals surface area contributed by atoms with E-state index in [1.165, 1.54) is 6.42 Å². The number of carbonyl (C=O) groups excluding carboxylic acids is 1. The minimum absolute atomic E-state index is 0.191. The Labute approximate surface area is 148 Å². The van der Waals surface area contributed by atoms with E-state index < -0.39 is 0 Å². The Bertz CT molecular complexity index is 696. The molecule has 6 heteroatoms. The number of amides is 1. The molecule has 0 radical (unpaired) electrons. The molecule has 3 rings (SSSR count). The number of piperidine rings is 1. The number of nitrogens with zero attached hydrogens (tertiary/aromatic N) is 3. The molecule has 1 amide bonds. The Hall–Kier alpha value is -2.37. The van der Waals surface area contributed by atoms with Crippen LogP contribution in [0.1, 0.15) is 44.9 Å². The van der Waals surface area contributed by atoms with Crippen LogP contribution in [0.5, 0.6) is 5.75 Å². The number of benzene rings is 1. The first kappa shape index (κ1) is 17.5. The second-order valence-corrected chi connectivity index (χ2v) is 6.37. The first-order valence-corrected chi connectivity index (χ1v) is 8.97. The zero-order chi connectivity index (χ0) is 17.6. The number of hydrogen-bond acceptors (Lipinski definition) is 5. The molecule has 1 saturated heterocycles. The molecule has 1 aliphatic heterocycles. The Morgan fingerprint density at radius 1 is 1.28 bits per heavy atom. The van der Waals surface area contributed by atoms with Crippen molar-refractivity contribution in [3.63, 3.8) is 0 Å². The molecular formula is C19H25N3O3. The van der Waals surface area contributed by atoms with Gasteiger partial charge in [0.2, 0.25) is 17.7 Å². The van der Waals surface area contributed by atoms with Crippen LogP contribution >= 0.6 is 0 Å². The van der Waals surface area contributed by atoms with Crippen molar-refractivity contribution in [2.75, 3.05) is 13.7 Å². The van der Waals surface area contributed by atoms with E-state index in [4.69, 9.17) is 9.15 Å².